The fourth-order valence-electron chi connectivity index (χ4n) is 1.72. The molecule has 0 atom stereocenters. The molecule has 1 rings (SSSR count). The first-order valence-corrected chi connectivity index (χ1v) is 7.05. The van der Waals surface area contributed by atoms with Crippen LogP contribution < -0.4 is 0 Å². The van der Waals surface area contributed by atoms with Gasteiger partial charge in [0.05, 0.1) is 6.61 Å². The molecule has 0 unspecified atom stereocenters. The molecule has 0 radical (unpaired) electrons. The summed E-state index contributed by atoms with van der Waals surface area (Å²) >= 11 is 2.15. The third kappa shape index (κ3) is 6.69. The van der Waals surface area contributed by atoms with E-state index < -0.39 is 0 Å². The standard InChI is InChI=1S/C9H18O2.CH3I/c1-8-2-4-9(5-3-8)6-11-7-10;1-2/h8-10H,2-7H2,1H3;1H3. The van der Waals surface area contributed by atoms with E-state index in [0.717, 1.165) is 12.5 Å². The molecule has 80 valence electrons. The maximum atomic E-state index is 8.43. The Balaban J connectivity index is 0.000000671. The van der Waals surface area contributed by atoms with Crippen molar-refractivity contribution in [2.75, 3.05) is 18.3 Å². The molecule has 1 N–H and O–H groups in total. The maximum absolute atomic E-state index is 8.43. The van der Waals surface area contributed by atoms with E-state index in [2.05, 4.69) is 29.5 Å². The molecular weight excluding hydrogens is 279 g/mol. The number of alkyl halides is 1. The number of hydrogen-bond acceptors (Lipinski definition) is 2. The molecule has 0 spiro atoms. The molecular formula is C10H21IO2. The number of aliphatic hydroxyl groups is 1. The van der Waals surface area contributed by atoms with Crippen LogP contribution in [0.4, 0.5) is 0 Å². The molecule has 1 saturated carbocycles. The summed E-state index contributed by atoms with van der Waals surface area (Å²) in [5.74, 6) is 1.61. The minimum absolute atomic E-state index is 0.119. The monoisotopic (exact) mass is 300 g/mol. The zero-order chi connectivity index (χ0) is 10.1. The van der Waals surface area contributed by atoms with Gasteiger partial charge in [-0.15, -0.1) is 0 Å². The molecule has 0 amide bonds. The maximum Gasteiger partial charge on any atom is 0.143 e. The summed E-state index contributed by atoms with van der Waals surface area (Å²) in [6, 6.07) is 0. The van der Waals surface area contributed by atoms with E-state index in [4.69, 9.17) is 9.84 Å². The van der Waals surface area contributed by atoms with Crippen molar-refractivity contribution in [2.24, 2.45) is 11.8 Å². The van der Waals surface area contributed by atoms with Crippen LogP contribution in [-0.2, 0) is 4.74 Å². The Morgan fingerprint density at radius 3 is 2.23 bits per heavy atom. The van der Waals surface area contributed by atoms with Gasteiger partial charge in [-0.25, -0.2) is 0 Å². The van der Waals surface area contributed by atoms with Crippen LogP contribution in [0.3, 0.4) is 0 Å². The van der Waals surface area contributed by atoms with Gasteiger partial charge in [0.1, 0.15) is 6.79 Å². The van der Waals surface area contributed by atoms with E-state index in [-0.39, 0.29) is 6.79 Å². The Hall–Kier alpha value is 0.650. The van der Waals surface area contributed by atoms with Gasteiger partial charge in [-0.05, 0) is 29.6 Å². The molecule has 0 aromatic carbocycles. The van der Waals surface area contributed by atoms with Gasteiger partial charge in [0, 0.05) is 0 Å². The molecule has 1 aliphatic rings. The SMILES string of the molecule is CC1CCC(COCO)CC1.CI. The summed E-state index contributed by atoms with van der Waals surface area (Å²) in [6.45, 7) is 2.94. The lowest BCUT2D eigenvalue weighted by Gasteiger charge is -2.25. The first-order chi connectivity index (χ1) is 6.33. The highest BCUT2D eigenvalue weighted by molar-refractivity contribution is 14.1. The molecule has 0 saturated heterocycles. The van der Waals surface area contributed by atoms with E-state index in [9.17, 15) is 0 Å². The van der Waals surface area contributed by atoms with Gasteiger partial charge in [-0.2, -0.15) is 0 Å². The van der Waals surface area contributed by atoms with Gasteiger partial charge in [-0.1, -0.05) is 42.4 Å². The van der Waals surface area contributed by atoms with Crippen molar-refractivity contribution in [3.8, 4) is 0 Å². The van der Waals surface area contributed by atoms with Crippen molar-refractivity contribution in [3.63, 3.8) is 0 Å². The highest BCUT2D eigenvalue weighted by atomic mass is 127. The Bertz CT molecular complexity index is 98.3. The number of rotatable bonds is 3. The molecule has 13 heavy (non-hydrogen) atoms. The van der Waals surface area contributed by atoms with Crippen molar-refractivity contribution < 1.29 is 9.84 Å². The van der Waals surface area contributed by atoms with Gasteiger partial charge in [0.15, 0.2) is 0 Å². The first-order valence-electron chi connectivity index (χ1n) is 4.89. The van der Waals surface area contributed by atoms with Crippen molar-refractivity contribution in [1.29, 1.82) is 0 Å². The first kappa shape index (κ1) is 13.7. The number of aliphatic hydroxyl groups excluding tert-OH is 1. The van der Waals surface area contributed by atoms with E-state index in [0.29, 0.717) is 5.92 Å². The van der Waals surface area contributed by atoms with Crippen molar-refractivity contribution in [2.45, 2.75) is 32.6 Å². The molecule has 0 heterocycles. The van der Waals surface area contributed by atoms with Crippen LogP contribution in [0, 0.1) is 11.8 Å². The fourth-order valence-corrected chi connectivity index (χ4v) is 1.72. The topological polar surface area (TPSA) is 29.5 Å². The predicted octanol–water partition coefficient (Wildman–Crippen LogP) is 2.83. The highest BCUT2D eigenvalue weighted by Gasteiger charge is 2.17. The predicted molar refractivity (Wildman–Crippen MR) is 64.1 cm³/mol. The zero-order valence-corrected chi connectivity index (χ0v) is 10.8. The normalized spacial score (nSPS) is 27.7. The van der Waals surface area contributed by atoms with Crippen LogP contribution in [-0.4, -0.2) is 23.4 Å². The van der Waals surface area contributed by atoms with Gasteiger partial charge >= 0.3 is 0 Å². The molecule has 2 nitrogen and oxygen atoms in total. The van der Waals surface area contributed by atoms with Crippen molar-refractivity contribution in [1.82, 2.24) is 0 Å². The van der Waals surface area contributed by atoms with Crippen LogP contribution in [0.1, 0.15) is 32.6 Å². The number of halogens is 1. The van der Waals surface area contributed by atoms with Crippen LogP contribution >= 0.6 is 22.6 Å². The minimum Gasteiger partial charge on any atom is -0.371 e. The largest absolute Gasteiger partial charge is 0.371 e. The summed E-state index contributed by atoms with van der Waals surface area (Å²) in [7, 11) is 0. The van der Waals surface area contributed by atoms with Crippen molar-refractivity contribution in [3.05, 3.63) is 0 Å². The van der Waals surface area contributed by atoms with E-state index in [1.165, 1.54) is 25.7 Å². The van der Waals surface area contributed by atoms with Gasteiger partial charge in [0.2, 0.25) is 0 Å². The molecule has 1 fully saturated rings. The third-order valence-corrected chi connectivity index (χ3v) is 2.58. The molecule has 0 aromatic rings. The lowest BCUT2D eigenvalue weighted by atomic mass is 9.83. The van der Waals surface area contributed by atoms with Gasteiger partial charge < -0.3 is 9.84 Å². The van der Waals surface area contributed by atoms with E-state index >= 15 is 0 Å². The van der Waals surface area contributed by atoms with Crippen LogP contribution in [0.5, 0.6) is 0 Å². The minimum atomic E-state index is -0.119. The van der Waals surface area contributed by atoms with Crippen LogP contribution in [0.25, 0.3) is 0 Å². The molecule has 1 aliphatic carbocycles. The van der Waals surface area contributed by atoms with Crippen LogP contribution in [0.15, 0.2) is 0 Å². The van der Waals surface area contributed by atoms with Crippen molar-refractivity contribution >= 4 is 22.6 Å². The smallest absolute Gasteiger partial charge is 0.143 e. The Kier molecular flexibility index (Phi) is 9.68. The van der Waals surface area contributed by atoms with Crippen LogP contribution in [0.2, 0.25) is 0 Å². The summed E-state index contributed by atoms with van der Waals surface area (Å²) in [4.78, 5) is 1.97. The number of ether oxygens (including phenoxy) is 1. The average Bonchev–Trinajstić information content (AvgIpc) is 2.20. The molecule has 0 bridgehead atoms. The zero-order valence-electron chi connectivity index (χ0n) is 8.63. The Labute approximate surface area is 95.2 Å². The summed E-state index contributed by atoms with van der Waals surface area (Å²) in [6.07, 6.45) is 5.22. The van der Waals surface area contributed by atoms with Gasteiger partial charge in [0.25, 0.3) is 0 Å². The fraction of sp³-hybridized carbons (Fsp3) is 1.00. The summed E-state index contributed by atoms with van der Waals surface area (Å²) in [5, 5.41) is 8.43. The lowest BCUT2D eigenvalue weighted by molar-refractivity contribution is -0.0241. The number of hydrogen-bond donors (Lipinski definition) is 1. The molecule has 0 aromatic heterocycles. The highest BCUT2D eigenvalue weighted by Crippen LogP contribution is 2.28. The quantitative estimate of drug-likeness (QED) is 0.493. The lowest BCUT2D eigenvalue weighted by Crippen LogP contribution is -2.17. The van der Waals surface area contributed by atoms with E-state index in [1.54, 1.807) is 0 Å². The second kappa shape index (κ2) is 9.21. The van der Waals surface area contributed by atoms with Gasteiger partial charge in [-0.3, -0.25) is 0 Å². The molecule has 0 aliphatic heterocycles. The Morgan fingerprint density at radius 2 is 1.77 bits per heavy atom. The molecule has 3 heteroatoms. The summed E-state index contributed by atoms with van der Waals surface area (Å²) in [5.41, 5.74) is 0. The average molecular weight is 300 g/mol. The second-order valence-electron chi connectivity index (χ2n) is 3.63. The third-order valence-electron chi connectivity index (χ3n) is 2.58. The second-order valence-corrected chi connectivity index (χ2v) is 3.63. The summed E-state index contributed by atoms with van der Waals surface area (Å²) < 4.78 is 4.96. The Morgan fingerprint density at radius 1 is 1.23 bits per heavy atom. The van der Waals surface area contributed by atoms with E-state index in [1.807, 2.05) is 4.93 Å².